The molecule has 0 heterocycles. The van der Waals surface area contributed by atoms with E-state index in [2.05, 4.69) is 19.1 Å². The van der Waals surface area contributed by atoms with Crippen LogP contribution in [0.25, 0.3) is 0 Å². The van der Waals surface area contributed by atoms with Crippen molar-refractivity contribution < 1.29 is 14.6 Å². The van der Waals surface area contributed by atoms with E-state index in [-0.39, 0.29) is 5.56 Å². The van der Waals surface area contributed by atoms with Gasteiger partial charge >= 0.3 is 5.97 Å². The summed E-state index contributed by atoms with van der Waals surface area (Å²) in [6.45, 7) is 2.46. The van der Waals surface area contributed by atoms with Crippen LogP contribution in [0.1, 0.15) is 28.4 Å². The van der Waals surface area contributed by atoms with Gasteiger partial charge in [0.2, 0.25) is 0 Å². The van der Waals surface area contributed by atoms with E-state index >= 15 is 0 Å². The normalized spacial score (nSPS) is 10.2. The van der Waals surface area contributed by atoms with Crippen LogP contribution in [0.15, 0.2) is 42.5 Å². The number of carboxylic acids is 1. The first-order chi connectivity index (χ1) is 9.60. The number of hydrogen-bond acceptors (Lipinski definition) is 3. The number of rotatable bonds is 5. The second-order valence-electron chi connectivity index (χ2n) is 4.52. The zero-order valence-electron chi connectivity index (χ0n) is 11.3. The molecule has 0 aromatic heterocycles. The molecule has 0 aliphatic rings. The van der Waals surface area contributed by atoms with E-state index in [9.17, 15) is 4.79 Å². The van der Waals surface area contributed by atoms with Crippen LogP contribution in [0.2, 0.25) is 0 Å². The topological polar surface area (TPSA) is 72.5 Å². The highest BCUT2D eigenvalue weighted by atomic mass is 16.5. The third-order valence-corrected chi connectivity index (χ3v) is 3.09. The fraction of sp³-hybridized carbons (Fsp3) is 0.188. The van der Waals surface area contributed by atoms with Crippen molar-refractivity contribution in [1.82, 2.24) is 0 Å². The summed E-state index contributed by atoms with van der Waals surface area (Å²) in [5, 5.41) is 8.95. The summed E-state index contributed by atoms with van der Waals surface area (Å²) in [5.41, 5.74) is 8.66. The summed E-state index contributed by atoms with van der Waals surface area (Å²) in [6, 6.07) is 12.5. The van der Waals surface area contributed by atoms with Gasteiger partial charge in [-0.25, -0.2) is 4.79 Å². The number of carboxylic acid groups (broad SMARTS) is 1. The molecule has 2 aromatic carbocycles. The Kier molecular flexibility index (Phi) is 4.25. The number of nitrogens with two attached hydrogens (primary N) is 1. The molecule has 0 amide bonds. The highest BCUT2D eigenvalue weighted by Gasteiger charge is 2.07. The summed E-state index contributed by atoms with van der Waals surface area (Å²) < 4.78 is 5.60. The van der Waals surface area contributed by atoms with Gasteiger partial charge in [0.25, 0.3) is 0 Å². The van der Waals surface area contributed by atoms with Crippen LogP contribution < -0.4 is 10.5 Å². The molecule has 0 radical (unpaired) electrons. The molecule has 0 atom stereocenters. The van der Waals surface area contributed by atoms with E-state index in [1.54, 1.807) is 6.07 Å². The minimum Gasteiger partial charge on any atom is -0.487 e. The van der Waals surface area contributed by atoms with Gasteiger partial charge in [0.15, 0.2) is 0 Å². The standard InChI is InChI=1S/C16H17NO3/c1-2-11-3-5-12(6-4-11)10-20-15-9-13(16(18)19)7-8-14(15)17/h3-9H,2,10,17H2,1H3,(H,18,19). The maximum atomic E-state index is 10.9. The second-order valence-corrected chi connectivity index (χ2v) is 4.52. The number of benzene rings is 2. The molecule has 104 valence electrons. The number of anilines is 1. The Labute approximate surface area is 117 Å². The molecule has 0 saturated heterocycles. The van der Waals surface area contributed by atoms with Gasteiger partial charge in [-0.2, -0.15) is 0 Å². The minimum atomic E-state index is -0.998. The summed E-state index contributed by atoms with van der Waals surface area (Å²) >= 11 is 0. The van der Waals surface area contributed by atoms with Crippen LogP contribution in [0.3, 0.4) is 0 Å². The Morgan fingerprint density at radius 3 is 2.40 bits per heavy atom. The van der Waals surface area contributed by atoms with E-state index in [1.165, 1.54) is 17.7 Å². The Bertz CT molecular complexity index is 606. The zero-order valence-corrected chi connectivity index (χ0v) is 11.3. The Balaban J connectivity index is 2.09. The number of hydrogen-bond donors (Lipinski definition) is 2. The third-order valence-electron chi connectivity index (χ3n) is 3.09. The van der Waals surface area contributed by atoms with Crippen LogP contribution in [-0.4, -0.2) is 11.1 Å². The summed E-state index contributed by atoms with van der Waals surface area (Å²) in [5.74, 6) is -0.605. The van der Waals surface area contributed by atoms with Crippen molar-refractivity contribution in [1.29, 1.82) is 0 Å². The third kappa shape index (κ3) is 3.29. The number of nitrogen functional groups attached to an aromatic ring is 1. The number of aryl methyl sites for hydroxylation is 1. The molecule has 0 saturated carbocycles. The Morgan fingerprint density at radius 2 is 1.80 bits per heavy atom. The van der Waals surface area contributed by atoms with E-state index < -0.39 is 5.97 Å². The van der Waals surface area contributed by atoms with Gasteiger partial charge in [-0.05, 0) is 35.7 Å². The molecule has 0 bridgehead atoms. The second kappa shape index (κ2) is 6.10. The molecular formula is C16H17NO3. The first-order valence-corrected chi connectivity index (χ1v) is 6.43. The lowest BCUT2D eigenvalue weighted by atomic mass is 10.1. The fourth-order valence-corrected chi connectivity index (χ4v) is 1.82. The van der Waals surface area contributed by atoms with Crippen molar-refractivity contribution in [3.63, 3.8) is 0 Å². The Morgan fingerprint density at radius 1 is 1.15 bits per heavy atom. The van der Waals surface area contributed by atoms with Crippen LogP contribution in [0.5, 0.6) is 5.75 Å². The number of ether oxygens (including phenoxy) is 1. The molecule has 2 aromatic rings. The van der Waals surface area contributed by atoms with Crippen molar-refractivity contribution in [2.75, 3.05) is 5.73 Å². The van der Waals surface area contributed by atoms with Gasteiger partial charge in [-0.3, -0.25) is 0 Å². The van der Waals surface area contributed by atoms with Crippen molar-refractivity contribution in [2.45, 2.75) is 20.0 Å². The van der Waals surface area contributed by atoms with Crippen LogP contribution >= 0.6 is 0 Å². The Hall–Kier alpha value is -2.49. The molecule has 0 aliphatic heterocycles. The smallest absolute Gasteiger partial charge is 0.335 e. The van der Waals surface area contributed by atoms with Crippen LogP contribution in [0.4, 0.5) is 5.69 Å². The molecular weight excluding hydrogens is 254 g/mol. The lowest BCUT2D eigenvalue weighted by Gasteiger charge is -2.10. The van der Waals surface area contributed by atoms with Gasteiger partial charge < -0.3 is 15.6 Å². The quantitative estimate of drug-likeness (QED) is 0.819. The van der Waals surface area contributed by atoms with Gasteiger partial charge in [-0.15, -0.1) is 0 Å². The lowest BCUT2D eigenvalue weighted by molar-refractivity contribution is 0.0696. The van der Waals surface area contributed by atoms with Gasteiger partial charge in [0.05, 0.1) is 11.3 Å². The predicted molar refractivity (Wildman–Crippen MR) is 78.0 cm³/mol. The first-order valence-electron chi connectivity index (χ1n) is 6.43. The average molecular weight is 271 g/mol. The largest absolute Gasteiger partial charge is 0.487 e. The number of carbonyl (C=O) groups is 1. The molecule has 0 spiro atoms. The molecule has 0 fully saturated rings. The molecule has 0 aliphatic carbocycles. The van der Waals surface area contributed by atoms with Crippen molar-refractivity contribution >= 4 is 11.7 Å². The maximum Gasteiger partial charge on any atom is 0.335 e. The highest BCUT2D eigenvalue weighted by Crippen LogP contribution is 2.24. The summed E-state index contributed by atoms with van der Waals surface area (Å²) in [4.78, 5) is 10.9. The van der Waals surface area contributed by atoms with Gasteiger partial charge in [0, 0.05) is 0 Å². The van der Waals surface area contributed by atoms with E-state index in [0.29, 0.717) is 18.0 Å². The molecule has 0 unspecified atom stereocenters. The SMILES string of the molecule is CCc1ccc(COc2cc(C(=O)O)ccc2N)cc1. The molecule has 3 N–H and O–H groups in total. The first kappa shape index (κ1) is 13.9. The zero-order chi connectivity index (χ0) is 14.5. The number of aromatic carboxylic acids is 1. The lowest BCUT2D eigenvalue weighted by Crippen LogP contribution is -2.02. The maximum absolute atomic E-state index is 10.9. The van der Waals surface area contributed by atoms with E-state index in [0.717, 1.165) is 12.0 Å². The monoisotopic (exact) mass is 271 g/mol. The minimum absolute atomic E-state index is 0.163. The summed E-state index contributed by atoms with van der Waals surface area (Å²) in [7, 11) is 0. The van der Waals surface area contributed by atoms with Crippen molar-refractivity contribution in [2.24, 2.45) is 0 Å². The predicted octanol–water partition coefficient (Wildman–Crippen LogP) is 3.11. The van der Waals surface area contributed by atoms with E-state index in [4.69, 9.17) is 15.6 Å². The van der Waals surface area contributed by atoms with Crippen LogP contribution in [0, 0.1) is 0 Å². The van der Waals surface area contributed by atoms with Crippen LogP contribution in [-0.2, 0) is 13.0 Å². The average Bonchev–Trinajstić information content (AvgIpc) is 2.46. The van der Waals surface area contributed by atoms with Crippen molar-refractivity contribution in [3.05, 3.63) is 59.2 Å². The van der Waals surface area contributed by atoms with Gasteiger partial charge in [-0.1, -0.05) is 31.2 Å². The highest BCUT2D eigenvalue weighted by molar-refractivity contribution is 5.89. The van der Waals surface area contributed by atoms with Gasteiger partial charge in [0.1, 0.15) is 12.4 Å². The molecule has 4 nitrogen and oxygen atoms in total. The molecule has 20 heavy (non-hydrogen) atoms. The fourth-order valence-electron chi connectivity index (χ4n) is 1.82. The molecule has 2 rings (SSSR count). The van der Waals surface area contributed by atoms with E-state index in [1.807, 2.05) is 12.1 Å². The van der Waals surface area contributed by atoms with Crippen molar-refractivity contribution in [3.8, 4) is 5.75 Å². The molecule has 4 heteroatoms. The summed E-state index contributed by atoms with van der Waals surface area (Å²) in [6.07, 6.45) is 0.995.